The van der Waals surface area contributed by atoms with Gasteiger partial charge in [-0.15, -0.1) is 0 Å². The van der Waals surface area contributed by atoms with E-state index in [1.54, 1.807) is 0 Å². The smallest absolute Gasteiger partial charge is 0.253 e. The first-order valence-corrected chi connectivity index (χ1v) is 4.34. The molecule has 1 saturated heterocycles. The molecule has 0 aromatic heterocycles. The molecule has 0 aliphatic carbocycles. The fourth-order valence-corrected chi connectivity index (χ4v) is 1.44. The molecule has 1 aliphatic heterocycles. The minimum absolute atomic E-state index is 1.70. The lowest BCUT2D eigenvalue weighted by molar-refractivity contribution is -0.327. The van der Waals surface area contributed by atoms with Gasteiger partial charge in [-0.05, 0) is 0 Å². The molecule has 0 N–H and O–H groups in total. The summed E-state index contributed by atoms with van der Waals surface area (Å²) in [4.78, 5) is -3.41. The zero-order valence-electron chi connectivity index (χ0n) is 4.83. The first-order chi connectivity index (χ1) is 4.77. The van der Waals surface area contributed by atoms with Crippen molar-refractivity contribution in [3.8, 4) is 0 Å². The van der Waals surface area contributed by atoms with Crippen LogP contribution >= 0.6 is 31.9 Å². The summed E-state index contributed by atoms with van der Waals surface area (Å²) in [5.74, 6) is 0. The van der Waals surface area contributed by atoms with Gasteiger partial charge in [-0.3, -0.25) is 4.74 Å². The zero-order valence-corrected chi connectivity index (χ0v) is 8.00. The third kappa shape index (κ3) is 1.55. The molecule has 0 unspecified atom stereocenters. The average molecular weight is 302 g/mol. The van der Waals surface area contributed by atoms with Gasteiger partial charge in [0.1, 0.15) is 9.65 Å². The molecule has 1 rings (SSSR count). The SMILES string of the molecule is FC1(F)OC(F)(F)[C@@H](Br)[C@@H]1Br. The standard InChI is InChI=1S/C4H2Br2F4O/c5-1-2(6)4(9,10)11-3(1,7)8/h1-2H/t1-,2-/m0/s1. The van der Waals surface area contributed by atoms with Crippen LogP contribution in [0.3, 0.4) is 0 Å². The van der Waals surface area contributed by atoms with Gasteiger partial charge in [0, 0.05) is 0 Å². The largest absolute Gasteiger partial charge is 0.374 e. The van der Waals surface area contributed by atoms with Crippen LogP contribution in [0.4, 0.5) is 17.6 Å². The molecule has 1 aliphatic rings. The number of hydrogen-bond donors (Lipinski definition) is 0. The van der Waals surface area contributed by atoms with Crippen molar-refractivity contribution in [2.45, 2.75) is 21.9 Å². The van der Waals surface area contributed by atoms with Crippen LogP contribution in [0, 0.1) is 0 Å². The molecule has 0 saturated carbocycles. The molecule has 1 fully saturated rings. The third-order valence-electron chi connectivity index (χ3n) is 1.17. The molecule has 0 aromatic rings. The van der Waals surface area contributed by atoms with Crippen molar-refractivity contribution in [3.63, 3.8) is 0 Å². The van der Waals surface area contributed by atoms with E-state index in [0.29, 0.717) is 0 Å². The van der Waals surface area contributed by atoms with Crippen molar-refractivity contribution in [2.24, 2.45) is 0 Å². The van der Waals surface area contributed by atoms with Crippen molar-refractivity contribution in [1.82, 2.24) is 0 Å². The summed E-state index contributed by atoms with van der Waals surface area (Å²) >= 11 is 4.80. The Labute approximate surface area is 76.3 Å². The van der Waals surface area contributed by atoms with Gasteiger partial charge < -0.3 is 0 Å². The van der Waals surface area contributed by atoms with E-state index in [1.807, 2.05) is 0 Å². The second-order valence-corrected chi connectivity index (χ2v) is 4.00. The molecule has 0 amide bonds. The van der Waals surface area contributed by atoms with E-state index >= 15 is 0 Å². The van der Waals surface area contributed by atoms with Crippen LogP contribution in [0.1, 0.15) is 0 Å². The summed E-state index contributed by atoms with van der Waals surface area (Å²) in [5.41, 5.74) is 0. The molecule has 7 heteroatoms. The van der Waals surface area contributed by atoms with E-state index in [4.69, 9.17) is 0 Å². The summed E-state index contributed by atoms with van der Waals surface area (Å²) in [7, 11) is 0. The second kappa shape index (κ2) is 2.56. The third-order valence-corrected chi connectivity index (χ3v) is 4.00. The first kappa shape index (κ1) is 9.73. The molecular weight excluding hydrogens is 300 g/mol. The predicted octanol–water partition coefficient (Wildman–Crippen LogP) is 2.73. The van der Waals surface area contributed by atoms with Gasteiger partial charge in [0.25, 0.3) is 0 Å². The highest BCUT2D eigenvalue weighted by molar-refractivity contribution is 9.12. The van der Waals surface area contributed by atoms with Crippen LogP contribution in [0.2, 0.25) is 0 Å². The summed E-state index contributed by atoms with van der Waals surface area (Å²) in [5, 5.41) is 0. The van der Waals surface area contributed by atoms with Gasteiger partial charge >= 0.3 is 12.2 Å². The number of halogens is 6. The monoisotopic (exact) mass is 300 g/mol. The number of rotatable bonds is 0. The zero-order chi connectivity index (χ0) is 8.86. The Morgan fingerprint density at radius 3 is 1.27 bits per heavy atom. The van der Waals surface area contributed by atoms with Crippen molar-refractivity contribution < 1.29 is 22.3 Å². The number of ether oxygens (including phenoxy) is 1. The van der Waals surface area contributed by atoms with Gasteiger partial charge in [-0.2, -0.15) is 17.6 Å². The number of hydrogen-bond acceptors (Lipinski definition) is 1. The van der Waals surface area contributed by atoms with Gasteiger partial charge in [0.15, 0.2) is 0 Å². The average Bonchev–Trinajstić information content (AvgIpc) is 1.91. The van der Waals surface area contributed by atoms with Crippen molar-refractivity contribution in [1.29, 1.82) is 0 Å². The normalized spacial score (nSPS) is 40.9. The Morgan fingerprint density at radius 1 is 0.909 bits per heavy atom. The molecule has 1 heterocycles. The van der Waals surface area contributed by atoms with E-state index in [1.165, 1.54) is 0 Å². The van der Waals surface area contributed by atoms with Gasteiger partial charge in [-0.25, -0.2) is 0 Å². The topological polar surface area (TPSA) is 9.23 Å². The Balaban J connectivity index is 2.86. The summed E-state index contributed by atoms with van der Waals surface area (Å²) in [6.45, 7) is 0. The fraction of sp³-hybridized carbons (Fsp3) is 1.00. The summed E-state index contributed by atoms with van der Waals surface area (Å²) in [6.07, 6.45) is -7.64. The molecular formula is C4H2Br2F4O. The van der Waals surface area contributed by atoms with Crippen LogP contribution in [0.15, 0.2) is 0 Å². The molecule has 66 valence electrons. The van der Waals surface area contributed by atoms with E-state index in [9.17, 15) is 17.6 Å². The van der Waals surface area contributed by atoms with E-state index in [2.05, 4.69) is 36.6 Å². The Morgan fingerprint density at radius 2 is 1.18 bits per heavy atom. The fourth-order valence-electron chi connectivity index (χ4n) is 0.635. The van der Waals surface area contributed by atoms with Crippen LogP contribution in [0.25, 0.3) is 0 Å². The molecule has 11 heavy (non-hydrogen) atoms. The van der Waals surface area contributed by atoms with Crippen molar-refractivity contribution in [3.05, 3.63) is 0 Å². The van der Waals surface area contributed by atoms with Gasteiger partial charge in [0.2, 0.25) is 0 Å². The lowest BCUT2D eigenvalue weighted by atomic mass is 10.3. The maximum Gasteiger partial charge on any atom is 0.374 e. The highest BCUT2D eigenvalue weighted by Crippen LogP contribution is 2.49. The van der Waals surface area contributed by atoms with Crippen molar-refractivity contribution in [2.75, 3.05) is 0 Å². The minimum atomic E-state index is -3.82. The first-order valence-electron chi connectivity index (χ1n) is 2.51. The Bertz CT molecular complexity index is 155. The van der Waals surface area contributed by atoms with Crippen LogP contribution in [-0.4, -0.2) is 21.9 Å². The Kier molecular flexibility index (Phi) is 2.27. The molecule has 0 radical (unpaired) electrons. The quantitative estimate of drug-likeness (QED) is 0.494. The van der Waals surface area contributed by atoms with Crippen LogP contribution < -0.4 is 0 Å². The maximum atomic E-state index is 12.3. The predicted molar refractivity (Wildman–Crippen MR) is 36.4 cm³/mol. The number of alkyl halides is 6. The summed E-state index contributed by atoms with van der Waals surface area (Å²) in [6, 6.07) is 0. The van der Waals surface area contributed by atoms with Crippen molar-refractivity contribution >= 4 is 31.9 Å². The van der Waals surface area contributed by atoms with E-state index < -0.39 is 21.9 Å². The second-order valence-electron chi connectivity index (χ2n) is 2.03. The highest BCUT2D eigenvalue weighted by Gasteiger charge is 2.65. The molecule has 0 spiro atoms. The van der Waals surface area contributed by atoms with E-state index in [-0.39, 0.29) is 0 Å². The van der Waals surface area contributed by atoms with Gasteiger partial charge in [0.05, 0.1) is 0 Å². The van der Waals surface area contributed by atoms with Gasteiger partial charge in [-0.1, -0.05) is 31.9 Å². The highest BCUT2D eigenvalue weighted by atomic mass is 79.9. The molecule has 1 nitrogen and oxygen atoms in total. The molecule has 0 aromatic carbocycles. The van der Waals surface area contributed by atoms with Crippen LogP contribution in [0.5, 0.6) is 0 Å². The lowest BCUT2D eigenvalue weighted by Crippen LogP contribution is -2.28. The molecule has 0 bridgehead atoms. The maximum absolute atomic E-state index is 12.3. The minimum Gasteiger partial charge on any atom is -0.253 e. The lowest BCUT2D eigenvalue weighted by Gasteiger charge is -2.10. The summed E-state index contributed by atoms with van der Waals surface area (Å²) < 4.78 is 52.4. The van der Waals surface area contributed by atoms with Crippen LogP contribution in [-0.2, 0) is 4.74 Å². The van der Waals surface area contributed by atoms with E-state index in [0.717, 1.165) is 0 Å². The Hall–Kier alpha value is 0.640. The molecule has 2 atom stereocenters.